The number of rotatable bonds is 4. The predicted octanol–water partition coefficient (Wildman–Crippen LogP) is 5.14. The molecule has 0 saturated carbocycles. The van der Waals surface area contributed by atoms with Gasteiger partial charge in [-0.3, -0.25) is 9.36 Å². The number of nitrogens with zero attached hydrogens (tertiary/aromatic N) is 1. The van der Waals surface area contributed by atoms with Crippen molar-refractivity contribution in [3.63, 3.8) is 0 Å². The van der Waals surface area contributed by atoms with E-state index in [4.69, 9.17) is 4.74 Å². The molecule has 1 aromatic heterocycles. The van der Waals surface area contributed by atoms with Crippen LogP contribution < -0.4 is 5.56 Å². The third-order valence-electron chi connectivity index (χ3n) is 4.91. The van der Waals surface area contributed by atoms with Crippen LogP contribution in [0.1, 0.15) is 22.8 Å². The van der Waals surface area contributed by atoms with Crippen molar-refractivity contribution in [3.05, 3.63) is 100 Å². The lowest BCUT2D eigenvalue weighted by atomic mass is 9.97. The van der Waals surface area contributed by atoms with Gasteiger partial charge in [0.1, 0.15) is 0 Å². The second-order valence-electron chi connectivity index (χ2n) is 6.83. The second kappa shape index (κ2) is 7.76. The summed E-state index contributed by atoms with van der Waals surface area (Å²) in [7, 11) is 0. The quantitative estimate of drug-likeness (QED) is 0.458. The number of aromatic nitrogens is 1. The minimum absolute atomic E-state index is 0.171. The van der Waals surface area contributed by atoms with Crippen LogP contribution in [0.25, 0.3) is 27.7 Å². The standard InChI is InChI=1S/C25H21NO3/c1-3-29-25(28)22-20-11-7-8-12-21(20)24(27)26(19-9-5-4-6-10-19)23(22)18-15-13-17(2)14-16-18/h4-16H,3H2,1-2H3. The fourth-order valence-corrected chi connectivity index (χ4v) is 3.57. The van der Waals surface area contributed by atoms with E-state index in [0.717, 1.165) is 11.1 Å². The smallest absolute Gasteiger partial charge is 0.340 e. The zero-order valence-corrected chi connectivity index (χ0v) is 16.4. The third-order valence-corrected chi connectivity index (χ3v) is 4.91. The molecule has 0 N–H and O–H groups in total. The SMILES string of the molecule is CCOC(=O)c1c(-c2ccc(C)cc2)n(-c2ccccc2)c(=O)c2ccccc12. The molecule has 0 aliphatic carbocycles. The molecular formula is C25H21NO3. The van der Waals surface area contributed by atoms with E-state index in [-0.39, 0.29) is 12.2 Å². The maximum absolute atomic E-state index is 13.5. The van der Waals surface area contributed by atoms with E-state index in [1.165, 1.54) is 0 Å². The Hall–Kier alpha value is -3.66. The fraction of sp³-hybridized carbons (Fsp3) is 0.120. The van der Waals surface area contributed by atoms with E-state index >= 15 is 0 Å². The van der Waals surface area contributed by atoms with Crippen LogP contribution in [0.2, 0.25) is 0 Å². The highest BCUT2D eigenvalue weighted by molar-refractivity contribution is 6.09. The lowest BCUT2D eigenvalue weighted by Crippen LogP contribution is -2.24. The average Bonchev–Trinajstić information content (AvgIpc) is 2.75. The van der Waals surface area contributed by atoms with Crippen molar-refractivity contribution in [3.8, 4) is 16.9 Å². The number of aryl methyl sites for hydroxylation is 1. The molecule has 0 fully saturated rings. The van der Waals surface area contributed by atoms with Crippen LogP contribution in [-0.2, 0) is 4.74 Å². The minimum Gasteiger partial charge on any atom is -0.462 e. The summed E-state index contributed by atoms with van der Waals surface area (Å²) < 4.78 is 7.01. The zero-order valence-electron chi connectivity index (χ0n) is 16.4. The van der Waals surface area contributed by atoms with Gasteiger partial charge in [0.05, 0.1) is 17.9 Å². The molecule has 0 atom stereocenters. The van der Waals surface area contributed by atoms with Gasteiger partial charge in [-0.2, -0.15) is 0 Å². The highest BCUT2D eigenvalue weighted by atomic mass is 16.5. The van der Waals surface area contributed by atoms with E-state index in [9.17, 15) is 9.59 Å². The third kappa shape index (κ3) is 3.34. The number of ether oxygens (including phenoxy) is 1. The van der Waals surface area contributed by atoms with Gasteiger partial charge < -0.3 is 4.74 Å². The molecule has 0 radical (unpaired) electrons. The maximum atomic E-state index is 13.5. The Labute approximate surface area is 169 Å². The van der Waals surface area contributed by atoms with E-state index in [2.05, 4.69) is 0 Å². The van der Waals surface area contributed by atoms with E-state index in [1.807, 2.05) is 67.6 Å². The molecule has 0 amide bonds. The summed E-state index contributed by atoms with van der Waals surface area (Å²) in [6.07, 6.45) is 0. The first-order valence-electron chi connectivity index (χ1n) is 9.59. The van der Waals surface area contributed by atoms with Gasteiger partial charge in [0, 0.05) is 16.5 Å². The number of hydrogen-bond donors (Lipinski definition) is 0. The number of fused-ring (bicyclic) bond motifs is 1. The van der Waals surface area contributed by atoms with Crippen LogP contribution in [0.3, 0.4) is 0 Å². The van der Waals surface area contributed by atoms with Crippen molar-refractivity contribution in [2.24, 2.45) is 0 Å². The first-order valence-corrected chi connectivity index (χ1v) is 9.59. The van der Waals surface area contributed by atoms with Crippen molar-refractivity contribution >= 4 is 16.7 Å². The minimum atomic E-state index is -0.441. The Morgan fingerprint density at radius 2 is 1.48 bits per heavy atom. The Balaban J connectivity index is 2.21. The zero-order chi connectivity index (χ0) is 20.4. The molecular weight excluding hydrogens is 362 g/mol. The average molecular weight is 383 g/mol. The second-order valence-corrected chi connectivity index (χ2v) is 6.83. The van der Waals surface area contributed by atoms with Crippen molar-refractivity contribution in [1.29, 1.82) is 0 Å². The Bertz CT molecular complexity index is 1240. The lowest BCUT2D eigenvalue weighted by Gasteiger charge is -2.19. The van der Waals surface area contributed by atoms with Gasteiger partial charge >= 0.3 is 5.97 Å². The van der Waals surface area contributed by atoms with Crippen LogP contribution in [0.4, 0.5) is 0 Å². The molecule has 0 bridgehead atoms. The molecule has 4 heteroatoms. The number of hydrogen-bond acceptors (Lipinski definition) is 3. The van der Waals surface area contributed by atoms with E-state index in [0.29, 0.717) is 27.7 Å². The summed E-state index contributed by atoms with van der Waals surface area (Å²) in [6, 6.07) is 24.4. The molecule has 1 heterocycles. The molecule has 0 aliphatic rings. The van der Waals surface area contributed by atoms with Gasteiger partial charge in [0.25, 0.3) is 5.56 Å². The van der Waals surface area contributed by atoms with Gasteiger partial charge in [-0.15, -0.1) is 0 Å². The van der Waals surface area contributed by atoms with Gasteiger partial charge in [-0.05, 0) is 37.6 Å². The lowest BCUT2D eigenvalue weighted by molar-refractivity contribution is 0.0529. The van der Waals surface area contributed by atoms with Crippen LogP contribution in [-0.4, -0.2) is 17.1 Å². The van der Waals surface area contributed by atoms with Crippen molar-refractivity contribution in [1.82, 2.24) is 4.57 Å². The molecule has 4 rings (SSSR count). The fourth-order valence-electron chi connectivity index (χ4n) is 3.57. The molecule has 0 saturated heterocycles. The van der Waals surface area contributed by atoms with E-state index < -0.39 is 5.97 Å². The number of para-hydroxylation sites is 1. The van der Waals surface area contributed by atoms with Crippen molar-refractivity contribution in [2.45, 2.75) is 13.8 Å². The van der Waals surface area contributed by atoms with Crippen molar-refractivity contribution in [2.75, 3.05) is 6.61 Å². The predicted molar refractivity (Wildman–Crippen MR) is 116 cm³/mol. The Kier molecular flexibility index (Phi) is 5.00. The number of pyridine rings is 1. The topological polar surface area (TPSA) is 48.3 Å². The van der Waals surface area contributed by atoms with Gasteiger partial charge in [-0.1, -0.05) is 66.2 Å². The molecule has 0 unspecified atom stereocenters. The molecule has 29 heavy (non-hydrogen) atoms. The summed E-state index contributed by atoms with van der Waals surface area (Å²) in [5, 5.41) is 1.08. The van der Waals surface area contributed by atoms with Crippen LogP contribution in [0, 0.1) is 6.92 Å². The maximum Gasteiger partial charge on any atom is 0.340 e. The highest BCUT2D eigenvalue weighted by Crippen LogP contribution is 2.31. The van der Waals surface area contributed by atoms with E-state index in [1.54, 1.807) is 29.7 Å². The largest absolute Gasteiger partial charge is 0.462 e. The van der Waals surface area contributed by atoms with Crippen LogP contribution in [0.5, 0.6) is 0 Å². The molecule has 0 aliphatic heterocycles. The summed E-state index contributed by atoms with van der Waals surface area (Å²) in [5.41, 5.74) is 3.35. The van der Waals surface area contributed by atoms with Crippen molar-refractivity contribution < 1.29 is 9.53 Å². The van der Waals surface area contributed by atoms with Gasteiger partial charge in [0.2, 0.25) is 0 Å². The number of carbonyl (C=O) groups excluding carboxylic acids is 1. The summed E-state index contributed by atoms with van der Waals surface area (Å²) in [4.78, 5) is 26.6. The summed E-state index contributed by atoms with van der Waals surface area (Å²) in [6.45, 7) is 4.03. The molecule has 144 valence electrons. The van der Waals surface area contributed by atoms with Crippen LogP contribution in [0.15, 0.2) is 83.7 Å². The number of carbonyl (C=O) groups is 1. The number of benzene rings is 3. The first kappa shape index (κ1) is 18.7. The van der Waals surface area contributed by atoms with Gasteiger partial charge in [-0.25, -0.2) is 4.79 Å². The first-order chi connectivity index (χ1) is 14.1. The monoisotopic (exact) mass is 383 g/mol. The molecule has 4 aromatic rings. The molecule has 3 aromatic carbocycles. The Morgan fingerprint density at radius 3 is 2.14 bits per heavy atom. The summed E-state index contributed by atoms with van der Waals surface area (Å²) in [5.74, 6) is -0.441. The highest BCUT2D eigenvalue weighted by Gasteiger charge is 2.24. The molecule has 0 spiro atoms. The number of esters is 1. The normalized spacial score (nSPS) is 10.8. The van der Waals surface area contributed by atoms with Crippen LogP contribution >= 0.6 is 0 Å². The molecule has 4 nitrogen and oxygen atoms in total. The Morgan fingerprint density at radius 1 is 0.862 bits per heavy atom. The van der Waals surface area contributed by atoms with Gasteiger partial charge in [0.15, 0.2) is 0 Å². The summed E-state index contributed by atoms with van der Waals surface area (Å²) >= 11 is 0.